The Bertz CT molecular complexity index is 1220. The first-order chi connectivity index (χ1) is 15.5. The Kier molecular flexibility index (Phi) is 4.40. The number of carbonyl (C=O) groups is 2. The fraction of sp³-hybridized carbons (Fsp3) is 0.391. The number of halogens is 1. The Balaban J connectivity index is 1.04. The quantitative estimate of drug-likeness (QED) is 0.616. The SMILES string of the molecule is O=C(c1ccc2n[nH]nc2c1)N1CC2(CCN(C(=O)N3Cc4ccc(Cl)cc4C3)CC2)C1. The monoisotopic (exact) mass is 450 g/mol. The molecule has 164 valence electrons. The predicted molar refractivity (Wildman–Crippen MR) is 119 cm³/mol. The molecule has 3 aliphatic heterocycles. The molecule has 9 heteroatoms. The number of aromatic nitrogens is 3. The molecule has 32 heavy (non-hydrogen) atoms. The van der Waals surface area contributed by atoms with Gasteiger partial charge in [0.05, 0.1) is 0 Å². The Morgan fingerprint density at radius 1 is 0.875 bits per heavy atom. The van der Waals surface area contributed by atoms with Gasteiger partial charge in [0.1, 0.15) is 11.0 Å². The summed E-state index contributed by atoms with van der Waals surface area (Å²) in [5.74, 6) is 0.0347. The van der Waals surface area contributed by atoms with E-state index < -0.39 is 0 Å². The predicted octanol–water partition coefficient (Wildman–Crippen LogP) is 3.29. The molecule has 1 spiro atoms. The van der Waals surface area contributed by atoms with Crippen LogP contribution in [0.4, 0.5) is 4.79 Å². The van der Waals surface area contributed by atoms with E-state index in [0.29, 0.717) is 29.2 Å². The molecule has 0 aliphatic carbocycles. The minimum Gasteiger partial charge on any atom is -0.337 e. The molecule has 2 aromatic carbocycles. The average molecular weight is 451 g/mol. The molecular weight excluding hydrogens is 428 g/mol. The molecule has 1 aromatic heterocycles. The zero-order chi connectivity index (χ0) is 21.9. The lowest BCUT2D eigenvalue weighted by Gasteiger charge is -2.54. The van der Waals surface area contributed by atoms with Crippen LogP contribution in [0.2, 0.25) is 5.02 Å². The number of amides is 3. The van der Waals surface area contributed by atoms with Crippen LogP contribution in [-0.4, -0.2) is 68.2 Å². The van der Waals surface area contributed by atoms with Crippen LogP contribution in [0.25, 0.3) is 11.0 Å². The number of nitrogens with zero attached hydrogens (tertiary/aromatic N) is 5. The Morgan fingerprint density at radius 2 is 1.62 bits per heavy atom. The number of piperidine rings is 1. The number of carbonyl (C=O) groups excluding carboxylic acids is 2. The van der Waals surface area contributed by atoms with Gasteiger partial charge in [-0.15, -0.1) is 0 Å². The standard InChI is InChI=1S/C23H23ClN6O2/c24-18-3-1-16-11-29(12-17(16)9-18)22(32)28-7-5-23(6-8-28)13-30(14-23)21(31)15-2-4-19-20(10-15)26-27-25-19/h1-4,9-10H,5-8,11-14H2,(H,25,26,27). The van der Waals surface area contributed by atoms with Crippen molar-refractivity contribution >= 4 is 34.6 Å². The molecule has 6 rings (SSSR count). The Hall–Kier alpha value is -3.13. The van der Waals surface area contributed by atoms with Crippen molar-refractivity contribution in [2.45, 2.75) is 25.9 Å². The molecule has 2 fully saturated rings. The number of urea groups is 1. The minimum atomic E-state index is 0.0347. The highest BCUT2D eigenvalue weighted by molar-refractivity contribution is 6.30. The van der Waals surface area contributed by atoms with Crippen molar-refractivity contribution in [2.24, 2.45) is 5.41 Å². The van der Waals surface area contributed by atoms with Crippen molar-refractivity contribution in [3.05, 3.63) is 58.1 Å². The van der Waals surface area contributed by atoms with Gasteiger partial charge in [0, 0.05) is 55.3 Å². The number of rotatable bonds is 1. The molecule has 0 saturated carbocycles. The van der Waals surface area contributed by atoms with Crippen LogP contribution in [0.3, 0.4) is 0 Å². The fourth-order valence-corrected chi connectivity index (χ4v) is 5.44. The number of H-pyrrole nitrogens is 1. The zero-order valence-electron chi connectivity index (χ0n) is 17.6. The third-order valence-electron chi connectivity index (χ3n) is 7.16. The van der Waals surface area contributed by atoms with Gasteiger partial charge < -0.3 is 14.7 Å². The van der Waals surface area contributed by atoms with Crippen LogP contribution < -0.4 is 0 Å². The van der Waals surface area contributed by atoms with Gasteiger partial charge in [-0.05, 0) is 54.3 Å². The Labute approximate surface area is 190 Å². The molecule has 0 bridgehead atoms. The summed E-state index contributed by atoms with van der Waals surface area (Å²) in [4.78, 5) is 31.7. The van der Waals surface area contributed by atoms with E-state index in [9.17, 15) is 9.59 Å². The van der Waals surface area contributed by atoms with Crippen molar-refractivity contribution in [1.29, 1.82) is 0 Å². The van der Waals surface area contributed by atoms with Crippen LogP contribution in [0.5, 0.6) is 0 Å². The molecule has 2 saturated heterocycles. The topological polar surface area (TPSA) is 85.4 Å². The smallest absolute Gasteiger partial charge is 0.320 e. The van der Waals surface area contributed by atoms with Crippen LogP contribution in [0.1, 0.15) is 34.3 Å². The van der Waals surface area contributed by atoms with E-state index in [2.05, 4.69) is 15.4 Å². The van der Waals surface area contributed by atoms with E-state index in [1.165, 1.54) is 5.56 Å². The molecule has 0 atom stereocenters. The normalized spacial score (nSPS) is 19.3. The summed E-state index contributed by atoms with van der Waals surface area (Å²) in [7, 11) is 0. The lowest BCUT2D eigenvalue weighted by atomic mass is 9.72. The van der Waals surface area contributed by atoms with Gasteiger partial charge in [-0.2, -0.15) is 15.4 Å². The van der Waals surface area contributed by atoms with E-state index >= 15 is 0 Å². The van der Waals surface area contributed by atoms with Crippen LogP contribution in [0.15, 0.2) is 36.4 Å². The number of nitrogens with one attached hydrogen (secondary N) is 1. The number of aromatic amines is 1. The van der Waals surface area contributed by atoms with Crippen LogP contribution in [-0.2, 0) is 13.1 Å². The minimum absolute atomic E-state index is 0.0347. The third kappa shape index (κ3) is 3.21. The largest absolute Gasteiger partial charge is 0.337 e. The number of hydrogen-bond donors (Lipinski definition) is 1. The first kappa shape index (κ1) is 19.5. The van der Waals surface area contributed by atoms with Gasteiger partial charge in [0.15, 0.2) is 0 Å². The maximum absolute atomic E-state index is 13.1. The van der Waals surface area contributed by atoms with Crippen molar-refractivity contribution < 1.29 is 9.59 Å². The van der Waals surface area contributed by atoms with E-state index in [4.69, 9.17) is 11.6 Å². The maximum atomic E-state index is 13.1. The molecule has 1 N–H and O–H groups in total. The van der Waals surface area contributed by atoms with E-state index in [0.717, 1.165) is 50.1 Å². The second-order valence-corrected chi connectivity index (χ2v) is 9.66. The van der Waals surface area contributed by atoms with Crippen molar-refractivity contribution in [3.63, 3.8) is 0 Å². The van der Waals surface area contributed by atoms with Crippen LogP contribution in [0, 0.1) is 5.41 Å². The highest BCUT2D eigenvalue weighted by Gasteiger charge is 2.47. The third-order valence-corrected chi connectivity index (χ3v) is 7.39. The number of likely N-dealkylation sites (tertiary alicyclic amines) is 2. The maximum Gasteiger partial charge on any atom is 0.320 e. The summed E-state index contributed by atoms with van der Waals surface area (Å²) in [5.41, 5.74) is 4.53. The average Bonchev–Trinajstić information content (AvgIpc) is 3.42. The van der Waals surface area contributed by atoms with Crippen molar-refractivity contribution in [1.82, 2.24) is 30.1 Å². The lowest BCUT2D eigenvalue weighted by molar-refractivity contribution is -0.0280. The van der Waals surface area contributed by atoms with Crippen molar-refractivity contribution in [3.8, 4) is 0 Å². The fourth-order valence-electron chi connectivity index (χ4n) is 5.25. The number of fused-ring (bicyclic) bond motifs is 2. The van der Waals surface area contributed by atoms with Gasteiger partial charge in [-0.1, -0.05) is 17.7 Å². The highest BCUT2D eigenvalue weighted by Crippen LogP contribution is 2.41. The molecule has 3 aromatic rings. The molecule has 0 unspecified atom stereocenters. The summed E-state index contributed by atoms with van der Waals surface area (Å²) in [6, 6.07) is 11.4. The van der Waals surface area contributed by atoms with Gasteiger partial charge in [-0.25, -0.2) is 4.79 Å². The summed E-state index contributed by atoms with van der Waals surface area (Å²) in [5, 5.41) is 11.4. The summed E-state index contributed by atoms with van der Waals surface area (Å²) in [6.07, 6.45) is 1.86. The van der Waals surface area contributed by atoms with Crippen LogP contribution >= 0.6 is 11.6 Å². The zero-order valence-corrected chi connectivity index (χ0v) is 18.3. The molecule has 3 aliphatic rings. The van der Waals surface area contributed by atoms with Crippen molar-refractivity contribution in [2.75, 3.05) is 26.2 Å². The molecule has 3 amide bonds. The highest BCUT2D eigenvalue weighted by atomic mass is 35.5. The second kappa shape index (κ2) is 7.20. The number of benzene rings is 2. The molecular formula is C23H23ClN6O2. The summed E-state index contributed by atoms with van der Waals surface area (Å²) >= 11 is 6.10. The molecule has 4 heterocycles. The molecule has 8 nitrogen and oxygen atoms in total. The van der Waals surface area contributed by atoms with E-state index in [1.807, 2.05) is 39.0 Å². The van der Waals surface area contributed by atoms with Gasteiger partial charge in [0.2, 0.25) is 0 Å². The van der Waals surface area contributed by atoms with E-state index in [1.54, 1.807) is 12.1 Å². The van der Waals surface area contributed by atoms with Gasteiger partial charge in [-0.3, -0.25) is 4.79 Å². The van der Waals surface area contributed by atoms with Gasteiger partial charge in [0.25, 0.3) is 5.91 Å². The first-order valence-corrected chi connectivity index (χ1v) is 11.3. The lowest BCUT2D eigenvalue weighted by Crippen LogP contribution is -2.62. The van der Waals surface area contributed by atoms with E-state index in [-0.39, 0.29) is 17.4 Å². The second-order valence-electron chi connectivity index (χ2n) is 9.23. The molecule has 0 radical (unpaired) electrons. The Morgan fingerprint density at radius 3 is 2.44 bits per heavy atom. The van der Waals surface area contributed by atoms with Gasteiger partial charge >= 0.3 is 6.03 Å². The number of hydrogen-bond acceptors (Lipinski definition) is 4. The first-order valence-electron chi connectivity index (χ1n) is 10.9. The summed E-state index contributed by atoms with van der Waals surface area (Å²) < 4.78 is 0. The summed E-state index contributed by atoms with van der Waals surface area (Å²) in [6.45, 7) is 4.23.